The predicted octanol–water partition coefficient (Wildman–Crippen LogP) is 1.63. The maximum Gasteiger partial charge on any atom is 0.241 e. The van der Waals surface area contributed by atoms with E-state index in [1.807, 2.05) is 0 Å². The Kier molecular flexibility index (Phi) is 4.67. The lowest BCUT2D eigenvalue weighted by molar-refractivity contribution is -0.131. The Balaban J connectivity index is 2.07. The van der Waals surface area contributed by atoms with Gasteiger partial charge in [-0.15, -0.1) is 0 Å². The van der Waals surface area contributed by atoms with Crippen LogP contribution < -0.4 is 4.72 Å². The van der Waals surface area contributed by atoms with Crippen molar-refractivity contribution in [1.82, 2.24) is 9.62 Å². The van der Waals surface area contributed by atoms with Gasteiger partial charge in [0.25, 0.3) is 0 Å². The molecule has 5 nitrogen and oxygen atoms in total. The van der Waals surface area contributed by atoms with E-state index in [0.29, 0.717) is 18.1 Å². The Hall–Kier alpha value is -1.11. The molecule has 1 saturated heterocycles. The van der Waals surface area contributed by atoms with E-state index < -0.39 is 16.1 Å². The molecule has 1 aliphatic rings. The molecule has 0 saturated carbocycles. The van der Waals surface area contributed by atoms with E-state index in [-0.39, 0.29) is 10.8 Å². The smallest absolute Gasteiger partial charge is 0.241 e. The van der Waals surface area contributed by atoms with Gasteiger partial charge in [-0.3, -0.25) is 4.79 Å². The summed E-state index contributed by atoms with van der Waals surface area (Å²) in [5, 5.41) is 0.463. The van der Waals surface area contributed by atoms with Crippen LogP contribution in [0.3, 0.4) is 0 Å². The van der Waals surface area contributed by atoms with Gasteiger partial charge in [-0.2, -0.15) is 4.72 Å². The molecule has 1 amide bonds. The van der Waals surface area contributed by atoms with Crippen LogP contribution in [0.5, 0.6) is 0 Å². The molecule has 1 aromatic carbocycles. The number of amides is 1. The van der Waals surface area contributed by atoms with Gasteiger partial charge >= 0.3 is 0 Å². The summed E-state index contributed by atoms with van der Waals surface area (Å²) in [6.45, 7) is 2.96. The second kappa shape index (κ2) is 6.11. The van der Waals surface area contributed by atoms with Crippen LogP contribution in [-0.2, 0) is 14.8 Å². The zero-order valence-corrected chi connectivity index (χ0v) is 12.7. The summed E-state index contributed by atoms with van der Waals surface area (Å²) in [5.74, 6) is -0.181. The molecular formula is C13H17ClN2O3S. The monoisotopic (exact) mass is 316 g/mol. The second-order valence-electron chi connectivity index (χ2n) is 4.83. The highest BCUT2D eigenvalue weighted by Gasteiger charge is 2.27. The fraction of sp³-hybridized carbons (Fsp3) is 0.462. The molecule has 0 spiro atoms. The molecule has 1 fully saturated rings. The van der Waals surface area contributed by atoms with Crippen molar-refractivity contribution >= 4 is 27.5 Å². The molecule has 1 aliphatic heterocycles. The average molecular weight is 317 g/mol. The minimum absolute atomic E-state index is 0.1000. The quantitative estimate of drug-likeness (QED) is 0.918. The van der Waals surface area contributed by atoms with Crippen molar-refractivity contribution in [1.29, 1.82) is 0 Å². The predicted molar refractivity (Wildman–Crippen MR) is 77.0 cm³/mol. The van der Waals surface area contributed by atoms with Gasteiger partial charge in [0, 0.05) is 18.1 Å². The lowest BCUT2D eigenvalue weighted by atomic mass is 10.3. The highest BCUT2D eigenvalue weighted by atomic mass is 35.5. The Bertz CT molecular complexity index is 580. The number of sulfonamides is 1. The van der Waals surface area contributed by atoms with Crippen molar-refractivity contribution in [2.75, 3.05) is 13.1 Å². The molecule has 1 aromatic rings. The van der Waals surface area contributed by atoms with Gasteiger partial charge in [-0.05, 0) is 44.0 Å². The minimum Gasteiger partial charge on any atom is -0.341 e. The fourth-order valence-corrected chi connectivity index (χ4v) is 3.50. The first-order valence-corrected chi connectivity index (χ1v) is 8.33. The second-order valence-corrected chi connectivity index (χ2v) is 6.98. The lowest BCUT2D eigenvalue weighted by Crippen LogP contribution is -2.45. The van der Waals surface area contributed by atoms with Crippen molar-refractivity contribution in [3.63, 3.8) is 0 Å². The number of halogens is 1. The van der Waals surface area contributed by atoms with Gasteiger partial charge in [0.15, 0.2) is 0 Å². The van der Waals surface area contributed by atoms with Crippen LogP contribution in [-0.4, -0.2) is 38.4 Å². The molecule has 1 atom stereocenters. The Labute approximate surface area is 124 Å². The Morgan fingerprint density at radius 3 is 2.35 bits per heavy atom. The van der Waals surface area contributed by atoms with E-state index >= 15 is 0 Å². The number of hydrogen-bond acceptors (Lipinski definition) is 3. The molecular weight excluding hydrogens is 300 g/mol. The fourth-order valence-electron chi connectivity index (χ4n) is 2.18. The van der Waals surface area contributed by atoms with E-state index in [9.17, 15) is 13.2 Å². The Morgan fingerprint density at radius 2 is 1.80 bits per heavy atom. The maximum absolute atomic E-state index is 12.1. The molecule has 0 aromatic heterocycles. The molecule has 1 heterocycles. The van der Waals surface area contributed by atoms with Gasteiger partial charge in [-0.1, -0.05) is 11.6 Å². The topological polar surface area (TPSA) is 66.5 Å². The highest BCUT2D eigenvalue weighted by molar-refractivity contribution is 7.89. The summed E-state index contributed by atoms with van der Waals surface area (Å²) >= 11 is 5.73. The molecule has 0 radical (unpaired) electrons. The summed E-state index contributed by atoms with van der Waals surface area (Å²) in [6, 6.07) is 5.07. The van der Waals surface area contributed by atoms with Gasteiger partial charge in [0.2, 0.25) is 15.9 Å². The minimum atomic E-state index is -3.71. The zero-order chi connectivity index (χ0) is 14.8. The number of benzene rings is 1. The van der Waals surface area contributed by atoms with Crippen LogP contribution in [0.25, 0.3) is 0 Å². The largest absolute Gasteiger partial charge is 0.341 e. The van der Waals surface area contributed by atoms with E-state index in [1.54, 1.807) is 11.8 Å². The summed E-state index contributed by atoms with van der Waals surface area (Å²) in [6.07, 6.45) is 1.95. The number of nitrogens with zero attached hydrogens (tertiary/aromatic N) is 1. The molecule has 0 bridgehead atoms. The van der Waals surface area contributed by atoms with E-state index in [4.69, 9.17) is 11.6 Å². The van der Waals surface area contributed by atoms with Crippen LogP contribution in [0, 0.1) is 0 Å². The van der Waals surface area contributed by atoms with Crippen LogP contribution in [0.4, 0.5) is 0 Å². The Morgan fingerprint density at radius 1 is 1.25 bits per heavy atom. The van der Waals surface area contributed by atoms with E-state index in [2.05, 4.69) is 4.72 Å². The first-order valence-electron chi connectivity index (χ1n) is 6.47. The summed E-state index contributed by atoms with van der Waals surface area (Å²) in [4.78, 5) is 13.9. The molecule has 7 heteroatoms. The third-order valence-corrected chi connectivity index (χ3v) is 5.05. The maximum atomic E-state index is 12.1. The number of hydrogen-bond donors (Lipinski definition) is 1. The summed E-state index contributed by atoms with van der Waals surface area (Å²) in [5.41, 5.74) is 0. The first-order chi connectivity index (χ1) is 9.40. The normalized spacial score (nSPS) is 17.2. The first kappa shape index (κ1) is 15.3. The van der Waals surface area contributed by atoms with Gasteiger partial charge in [0.1, 0.15) is 0 Å². The summed E-state index contributed by atoms with van der Waals surface area (Å²) < 4.78 is 26.7. The van der Waals surface area contributed by atoms with Gasteiger partial charge in [0.05, 0.1) is 10.9 Å². The third kappa shape index (κ3) is 3.50. The zero-order valence-electron chi connectivity index (χ0n) is 11.2. The lowest BCUT2D eigenvalue weighted by Gasteiger charge is -2.21. The molecule has 20 heavy (non-hydrogen) atoms. The molecule has 0 aliphatic carbocycles. The van der Waals surface area contributed by atoms with Gasteiger partial charge in [-0.25, -0.2) is 8.42 Å². The third-order valence-electron chi connectivity index (χ3n) is 3.24. The van der Waals surface area contributed by atoms with Crippen LogP contribution in [0.15, 0.2) is 29.2 Å². The molecule has 110 valence electrons. The number of nitrogens with one attached hydrogen (secondary N) is 1. The number of carbonyl (C=O) groups excluding carboxylic acids is 1. The van der Waals surface area contributed by atoms with E-state index in [1.165, 1.54) is 24.3 Å². The molecule has 2 rings (SSSR count). The molecule has 0 unspecified atom stereocenters. The standard InChI is InChI=1S/C13H17ClN2O3S/c1-10(13(17)16-8-2-3-9-16)15-20(18,19)12-6-4-11(14)5-7-12/h4-7,10,15H,2-3,8-9H2,1H3/t10-/m1/s1. The van der Waals surface area contributed by atoms with Crippen molar-refractivity contribution in [2.24, 2.45) is 0 Å². The van der Waals surface area contributed by atoms with Crippen LogP contribution in [0.1, 0.15) is 19.8 Å². The molecule has 1 N–H and O–H groups in total. The van der Waals surface area contributed by atoms with Crippen LogP contribution in [0.2, 0.25) is 5.02 Å². The van der Waals surface area contributed by atoms with Crippen molar-refractivity contribution < 1.29 is 13.2 Å². The summed E-state index contributed by atoms with van der Waals surface area (Å²) in [7, 11) is -3.71. The van der Waals surface area contributed by atoms with Crippen LogP contribution >= 0.6 is 11.6 Å². The highest BCUT2D eigenvalue weighted by Crippen LogP contribution is 2.15. The average Bonchev–Trinajstić information content (AvgIpc) is 2.91. The number of likely N-dealkylation sites (tertiary alicyclic amines) is 1. The SMILES string of the molecule is C[C@@H](NS(=O)(=O)c1ccc(Cl)cc1)C(=O)N1CCCC1. The number of carbonyl (C=O) groups is 1. The number of rotatable bonds is 4. The van der Waals surface area contributed by atoms with E-state index in [0.717, 1.165) is 12.8 Å². The van der Waals surface area contributed by atoms with Gasteiger partial charge < -0.3 is 4.90 Å². The van der Waals surface area contributed by atoms with Crippen molar-refractivity contribution in [3.05, 3.63) is 29.3 Å². The van der Waals surface area contributed by atoms with Crippen molar-refractivity contribution in [3.8, 4) is 0 Å². The van der Waals surface area contributed by atoms with Crippen molar-refractivity contribution in [2.45, 2.75) is 30.7 Å².